The largest absolute Gasteiger partial charge is 0.496 e. The van der Waals surface area contributed by atoms with Crippen LogP contribution >= 0.6 is 22.6 Å². The molecular weight excluding hydrogens is 469 g/mol. The van der Waals surface area contributed by atoms with Crippen molar-refractivity contribution in [2.45, 2.75) is 0 Å². The smallest absolute Gasteiger partial charge is 0.282 e. The van der Waals surface area contributed by atoms with Crippen molar-refractivity contribution < 1.29 is 23.9 Å². The van der Waals surface area contributed by atoms with E-state index >= 15 is 0 Å². The third-order valence-electron chi connectivity index (χ3n) is 3.51. The van der Waals surface area contributed by atoms with E-state index < -0.39 is 10.8 Å². The Morgan fingerprint density at radius 3 is 2.33 bits per heavy atom. The number of nitro groups is 1. The zero-order valence-corrected chi connectivity index (χ0v) is 16.8. The molecule has 10 heteroatoms. The van der Waals surface area contributed by atoms with Crippen LogP contribution in [0.2, 0.25) is 0 Å². The minimum absolute atomic E-state index is 0.151. The van der Waals surface area contributed by atoms with Gasteiger partial charge in [-0.05, 0) is 46.9 Å². The minimum Gasteiger partial charge on any atom is -0.496 e. The van der Waals surface area contributed by atoms with Crippen molar-refractivity contribution in [1.29, 1.82) is 0 Å². The van der Waals surface area contributed by atoms with Gasteiger partial charge in [0.1, 0.15) is 5.75 Å². The normalized spacial score (nSPS) is 10.5. The molecular formula is C17H16IN3O6. The van der Waals surface area contributed by atoms with Crippen molar-refractivity contribution in [2.24, 2.45) is 5.10 Å². The van der Waals surface area contributed by atoms with Gasteiger partial charge in [-0.3, -0.25) is 14.9 Å². The summed E-state index contributed by atoms with van der Waals surface area (Å²) in [5.41, 5.74) is 2.58. The van der Waals surface area contributed by atoms with Crippen LogP contribution in [-0.4, -0.2) is 38.4 Å². The molecule has 0 aliphatic heterocycles. The molecule has 0 radical (unpaired) electrons. The van der Waals surface area contributed by atoms with Crippen molar-refractivity contribution in [2.75, 3.05) is 21.3 Å². The highest BCUT2D eigenvalue weighted by molar-refractivity contribution is 14.1. The van der Waals surface area contributed by atoms with Gasteiger partial charge in [-0.25, -0.2) is 5.43 Å². The monoisotopic (exact) mass is 485 g/mol. The van der Waals surface area contributed by atoms with E-state index in [0.717, 1.165) is 3.57 Å². The van der Waals surface area contributed by atoms with Gasteiger partial charge >= 0.3 is 0 Å². The molecule has 142 valence electrons. The summed E-state index contributed by atoms with van der Waals surface area (Å²) >= 11 is 2.09. The predicted octanol–water partition coefficient (Wildman–Crippen LogP) is 2.99. The molecule has 0 heterocycles. The number of benzene rings is 2. The Morgan fingerprint density at radius 1 is 1.11 bits per heavy atom. The summed E-state index contributed by atoms with van der Waals surface area (Å²) in [5.74, 6) is 0.599. The molecule has 0 fully saturated rings. The predicted molar refractivity (Wildman–Crippen MR) is 107 cm³/mol. The Balaban J connectivity index is 2.24. The first-order valence-electron chi connectivity index (χ1n) is 7.48. The quantitative estimate of drug-likeness (QED) is 0.279. The lowest BCUT2D eigenvalue weighted by atomic mass is 10.1. The summed E-state index contributed by atoms with van der Waals surface area (Å²) in [6.07, 6.45) is 1.17. The number of nitrogens with one attached hydrogen (secondary N) is 1. The number of rotatable bonds is 7. The molecule has 27 heavy (non-hydrogen) atoms. The topological polar surface area (TPSA) is 112 Å². The van der Waals surface area contributed by atoms with Crippen molar-refractivity contribution in [3.8, 4) is 17.2 Å². The maximum atomic E-state index is 12.2. The number of amides is 1. The Morgan fingerprint density at radius 2 is 1.74 bits per heavy atom. The summed E-state index contributed by atoms with van der Waals surface area (Å²) in [5, 5.41) is 15.1. The van der Waals surface area contributed by atoms with Crippen molar-refractivity contribution in [3.63, 3.8) is 0 Å². The maximum Gasteiger partial charge on any atom is 0.282 e. The first-order valence-corrected chi connectivity index (χ1v) is 8.56. The fourth-order valence-electron chi connectivity index (χ4n) is 2.17. The number of hydrogen-bond acceptors (Lipinski definition) is 7. The van der Waals surface area contributed by atoms with Crippen LogP contribution in [0, 0.1) is 13.7 Å². The fourth-order valence-corrected chi connectivity index (χ4v) is 2.73. The van der Waals surface area contributed by atoms with E-state index in [0.29, 0.717) is 17.1 Å². The van der Waals surface area contributed by atoms with Crippen LogP contribution in [0.3, 0.4) is 0 Å². The highest BCUT2D eigenvalue weighted by atomic mass is 127. The summed E-state index contributed by atoms with van der Waals surface area (Å²) in [6.45, 7) is 0. The van der Waals surface area contributed by atoms with E-state index in [1.165, 1.54) is 39.7 Å². The van der Waals surface area contributed by atoms with Crippen LogP contribution in [0.1, 0.15) is 15.9 Å². The van der Waals surface area contributed by atoms with Gasteiger partial charge in [0.15, 0.2) is 11.5 Å². The highest BCUT2D eigenvalue weighted by Gasteiger charge is 2.18. The van der Waals surface area contributed by atoms with E-state index in [4.69, 9.17) is 14.2 Å². The summed E-state index contributed by atoms with van der Waals surface area (Å²) in [7, 11) is 4.30. The average molecular weight is 485 g/mol. The van der Waals surface area contributed by atoms with Crippen LogP contribution in [0.5, 0.6) is 17.2 Å². The van der Waals surface area contributed by atoms with Gasteiger partial charge in [0.05, 0.1) is 47.7 Å². The fraction of sp³-hybridized carbons (Fsp3) is 0.176. The minimum atomic E-state index is -0.574. The molecule has 2 rings (SSSR count). The van der Waals surface area contributed by atoms with E-state index in [2.05, 4.69) is 33.1 Å². The van der Waals surface area contributed by atoms with Gasteiger partial charge in [0.25, 0.3) is 11.6 Å². The van der Waals surface area contributed by atoms with Crippen molar-refractivity contribution in [1.82, 2.24) is 5.43 Å². The Hall–Kier alpha value is -2.89. The molecule has 2 aromatic rings. The van der Waals surface area contributed by atoms with E-state index in [1.807, 2.05) is 0 Å². The van der Waals surface area contributed by atoms with Gasteiger partial charge < -0.3 is 14.2 Å². The molecule has 1 N–H and O–H groups in total. The zero-order chi connectivity index (χ0) is 20.0. The van der Waals surface area contributed by atoms with Gasteiger partial charge in [-0.15, -0.1) is 0 Å². The van der Waals surface area contributed by atoms with E-state index in [-0.39, 0.29) is 17.0 Å². The lowest BCUT2D eigenvalue weighted by molar-refractivity contribution is -0.385. The number of carbonyl (C=O) groups excluding carboxylic acids is 1. The SMILES string of the molecule is COc1cc(C(=O)N/N=C\c2cc(OC)c(OC)cc2[N+](=O)[O-])ccc1I. The first-order chi connectivity index (χ1) is 12.9. The van der Waals surface area contributed by atoms with Crippen LogP contribution in [-0.2, 0) is 0 Å². The molecule has 0 saturated heterocycles. The molecule has 0 bridgehead atoms. The van der Waals surface area contributed by atoms with E-state index in [1.54, 1.807) is 18.2 Å². The number of nitrogens with zero attached hydrogens (tertiary/aromatic N) is 2. The highest BCUT2D eigenvalue weighted by Crippen LogP contribution is 2.33. The molecule has 0 spiro atoms. The summed E-state index contributed by atoms with van der Waals surface area (Å²) in [6, 6.07) is 7.56. The number of halogens is 1. The lowest BCUT2D eigenvalue weighted by Crippen LogP contribution is -2.17. The third kappa shape index (κ3) is 4.84. The molecule has 2 aromatic carbocycles. The molecule has 9 nitrogen and oxygen atoms in total. The maximum absolute atomic E-state index is 12.2. The molecule has 0 atom stereocenters. The number of carbonyl (C=O) groups is 1. The van der Waals surface area contributed by atoms with Crippen molar-refractivity contribution >= 4 is 40.4 Å². The summed E-state index contributed by atoms with van der Waals surface area (Å²) < 4.78 is 16.2. The Kier molecular flexibility index (Phi) is 6.93. The first kappa shape index (κ1) is 20.4. The number of nitro benzene ring substituents is 1. The average Bonchev–Trinajstić information content (AvgIpc) is 2.67. The second-order valence-corrected chi connectivity index (χ2v) is 6.23. The second kappa shape index (κ2) is 9.16. The van der Waals surface area contributed by atoms with Crippen LogP contribution in [0.25, 0.3) is 0 Å². The molecule has 1 amide bonds. The lowest BCUT2D eigenvalue weighted by Gasteiger charge is -2.08. The van der Waals surface area contributed by atoms with Crippen molar-refractivity contribution in [3.05, 3.63) is 55.1 Å². The number of ether oxygens (including phenoxy) is 3. The molecule has 0 saturated carbocycles. The van der Waals surface area contributed by atoms with E-state index in [9.17, 15) is 14.9 Å². The second-order valence-electron chi connectivity index (χ2n) is 5.07. The third-order valence-corrected chi connectivity index (χ3v) is 4.40. The molecule has 0 unspecified atom stereocenters. The van der Waals surface area contributed by atoms with Crippen LogP contribution in [0.15, 0.2) is 35.4 Å². The Bertz CT molecular complexity index is 900. The standard InChI is InChI=1S/C17H16IN3O6/c1-25-14-6-10(4-5-12(14)18)17(22)20-19-9-11-7-15(26-2)16(27-3)8-13(11)21(23)24/h4-9H,1-3H3,(H,20,22)/b19-9-. The molecule has 0 aliphatic carbocycles. The molecule has 0 aliphatic rings. The number of hydrazone groups is 1. The summed E-state index contributed by atoms with van der Waals surface area (Å²) in [4.78, 5) is 22.9. The zero-order valence-electron chi connectivity index (χ0n) is 14.7. The Labute approximate surface area is 168 Å². The van der Waals surface area contributed by atoms with Crippen LogP contribution < -0.4 is 19.6 Å². The van der Waals surface area contributed by atoms with Crippen LogP contribution in [0.4, 0.5) is 5.69 Å². The van der Waals surface area contributed by atoms with Gasteiger partial charge in [0.2, 0.25) is 0 Å². The van der Waals surface area contributed by atoms with Gasteiger partial charge in [0, 0.05) is 5.56 Å². The molecule has 0 aromatic heterocycles. The van der Waals surface area contributed by atoms with Gasteiger partial charge in [-0.2, -0.15) is 5.10 Å². The number of methoxy groups -OCH3 is 3. The number of hydrogen-bond donors (Lipinski definition) is 1. The van der Waals surface area contributed by atoms with Gasteiger partial charge in [-0.1, -0.05) is 0 Å².